The fourth-order valence-corrected chi connectivity index (χ4v) is 5.86. The Balaban J connectivity index is 1.13. The molecule has 1 unspecified atom stereocenters. The molecule has 0 N–H and O–H groups in total. The van der Waals surface area contributed by atoms with Gasteiger partial charge in [-0.05, 0) is 50.7 Å². The molecule has 0 aliphatic carbocycles. The van der Waals surface area contributed by atoms with Crippen LogP contribution in [0.3, 0.4) is 0 Å². The van der Waals surface area contributed by atoms with Gasteiger partial charge in [-0.1, -0.05) is 6.07 Å². The second-order valence-corrected chi connectivity index (χ2v) is 9.60. The zero-order valence-corrected chi connectivity index (χ0v) is 18.6. The number of nitrogens with zero attached hydrogens (tertiary/aromatic N) is 4. The number of piperazine rings is 1. The molecule has 5 heterocycles. The fraction of sp³-hybridized carbons (Fsp3) is 0.750. The molecule has 1 amide bonds. The lowest BCUT2D eigenvalue weighted by molar-refractivity contribution is -0.154. The predicted molar refractivity (Wildman–Crippen MR) is 119 cm³/mol. The van der Waals surface area contributed by atoms with E-state index in [2.05, 4.69) is 31.8 Å². The van der Waals surface area contributed by atoms with E-state index in [1.54, 1.807) is 0 Å². The highest BCUT2D eigenvalue weighted by atomic mass is 16.5. The van der Waals surface area contributed by atoms with Gasteiger partial charge in [-0.2, -0.15) is 0 Å². The number of ether oxygens (including phenoxy) is 2. The molecule has 0 radical (unpaired) electrons. The Morgan fingerprint density at radius 2 is 1.74 bits per heavy atom. The van der Waals surface area contributed by atoms with Gasteiger partial charge >= 0.3 is 0 Å². The number of rotatable bonds is 3. The average Bonchev–Trinajstić information content (AvgIpc) is 2.85. The third-order valence-corrected chi connectivity index (χ3v) is 7.83. The molecule has 4 aliphatic heterocycles. The van der Waals surface area contributed by atoms with E-state index in [-0.39, 0.29) is 11.5 Å². The maximum absolute atomic E-state index is 12.9. The zero-order chi connectivity index (χ0) is 21.1. The highest BCUT2D eigenvalue weighted by Crippen LogP contribution is 2.37. The van der Waals surface area contributed by atoms with Crippen molar-refractivity contribution in [3.05, 3.63) is 24.4 Å². The van der Waals surface area contributed by atoms with E-state index < -0.39 is 0 Å². The summed E-state index contributed by atoms with van der Waals surface area (Å²) in [4.78, 5) is 24.6. The van der Waals surface area contributed by atoms with E-state index in [1.807, 2.05) is 12.3 Å². The van der Waals surface area contributed by atoms with Crippen LogP contribution in [0.1, 0.15) is 38.5 Å². The van der Waals surface area contributed by atoms with Crippen molar-refractivity contribution < 1.29 is 14.3 Å². The van der Waals surface area contributed by atoms with Gasteiger partial charge in [-0.25, -0.2) is 4.98 Å². The molecule has 7 heteroatoms. The molecule has 170 valence electrons. The Morgan fingerprint density at radius 3 is 2.45 bits per heavy atom. The third-order valence-electron chi connectivity index (χ3n) is 7.83. The number of piperidine rings is 1. The highest BCUT2D eigenvalue weighted by Gasteiger charge is 2.43. The van der Waals surface area contributed by atoms with Crippen LogP contribution in [0, 0.1) is 5.92 Å². The van der Waals surface area contributed by atoms with Crippen molar-refractivity contribution in [2.45, 2.75) is 50.2 Å². The first-order valence-electron chi connectivity index (χ1n) is 12.1. The summed E-state index contributed by atoms with van der Waals surface area (Å²) >= 11 is 0. The maximum Gasteiger partial charge on any atom is 0.225 e. The number of hydrogen-bond acceptors (Lipinski definition) is 6. The van der Waals surface area contributed by atoms with Crippen LogP contribution in [0.25, 0.3) is 0 Å². The number of amides is 1. The second kappa shape index (κ2) is 9.43. The van der Waals surface area contributed by atoms with E-state index in [1.165, 1.54) is 0 Å². The minimum absolute atomic E-state index is 0.0342. The lowest BCUT2D eigenvalue weighted by Gasteiger charge is -2.50. The molecule has 1 aromatic rings. The van der Waals surface area contributed by atoms with Crippen LogP contribution < -0.4 is 4.90 Å². The number of carbonyl (C=O) groups excluding carboxylic acids is 1. The largest absolute Gasteiger partial charge is 0.381 e. The van der Waals surface area contributed by atoms with Crippen LogP contribution in [-0.2, 0) is 14.3 Å². The van der Waals surface area contributed by atoms with Crippen molar-refractivity contribution in [2.75, 3.05) is 64.0 Å². The Morgan fingerprint density at radius 1 is 0.968 bits per heavy atom. The van der Waals surface area contributed by atoms with Crippen molar-refractivity contribution >= 4 is 11.7 Å². The summed E-state index contributed by atoms with van der Waals surface area (Å²) in [6.45, 7) is 8.24. The van der Waals surface area contributed by atoms with Crippen molar-refractivity contribution in [3.8, 4) is 0 Å². The Hall–Kier alpha value is -1.70. The normalized spacial score (nSPS) is 28.1. The van der Waals surface area contributed by atoms with Gasteiger partial charge in [-0.15, -0.1) is 0 Å². The van der Waals surface area contributed by atoms with Gasteiger partial charge in [-0.3, -0.25) is 9.69 Å². The summed E-state index contributed by atoms with van der Waals surface area (Å²) in [5, 5.41) is 0. The van der Waals surface area contributed by atoms with Crippen molar-refractivity contribution in [1.29, 1.82) is 0 Å². The molecule has 4 saturated heterocycles. The molecular formula is C24H36N4O3. The van der Waals surface area contributed by atoms with E-state index in [0.717, 1.165) is 103 Å². The summed E-state index contributed by atoms with van der Waals surface area (Å²) in [5.41, 5.74) is -0.0342. The Labute approximate surface area is 185 Å². The summed E-state index contributed by atoms with van der Waals surface area (Å²) in [6.07, 6.45) is 7.82. The van der Waals surface area contributed by atoms with E-state index in [4.69, 9.17) is 9.47 Å². The number of pyridine rings is 1. The van der Waals surface area contributed by atoms with Crippen LogP contribution in [0.5, 0.6) is 0 Å². The number of anilines is 1. The molecule has 0 aromatic carbocycles. The van der Waals surface area contributed by atoms with Gasteiger partial charge < -0.3 is 19.3 Å². The molecule has 7 nitrogen and oxygen atoms in total. The van der Waals surface area contributed by atoms with E-state index in [0.29, 0.717) is 11.9 Å². The molecule has 0 saturated carbocycles. The molecule has 4 aliphatic rings. The van der Waals surface area contributed by atoms with Gasteiger partial charge in [0.25, 0.3) is 0 Å². The van der Waals surface area contributed by atoms with Gasteiger partial charge in [0.05, 0.1) is 5.60 Å². The van der Waals surface area contributed by atoms with E-state index >= 15 is 0 Å². The van der Waals surface area contributed by atoms with Gasteiger partial charge in [0, 0.05) is 77.2 Å². The zero-order valence-electron chi connectivity index (χ0n) is 18.6. The van der Waals surface area contributed by atoms with Crippen molar-refractivity contribution in [1.82, 2.24) is 14.8 Å². The molecular weight excluding hydrogens is 392 g/mol. The molecule has 4 fully saturated rings. The van der Waals surface area contributed by atoms with Gasteiger partial charge in [0.2, 0.25) is 5.91 Å². The van der Waals surface area contributed by atoms with Crippen LogP contribution in [0.4, 0.5) is 5.82 Å². The maximum atomic E-state index is 12.9. The first-order chi connectivity index (χ1) is 15.2. The number of aromatic nitrogens is 1. The first-order valence-corrected chi connectivity index (χ1v) is 12.1. The Bertz CT molecular complexity index is 724. The van der Waals surface area contributed by atoms with Crippen molar-refractivity contribution in [2.24, 2.45) is 5.92 Å². The minimum atomic E-state index is -0.0342. The summed E-state index contributed by atoms with van der Waals surface area (Å²) in [7, 11) is 0. The third kappa shape index (κ3) is 4.73. The van der Waals surface area contributed by atoms with Crippen molar-refractivity contribution in [3.63, 3.8) is 0 Å². The lowest BCUT2D eigenvalue weighted by Crippen LogP contribution is -2.58. The topological polar surface area (TPSA) is 58.1 Å². The van der Waals surface area contributed by atoms with Gasteiger partial charge in [0.1, 0.15) is 5.82 Å². The van der Waals surface area contributed by atoms with E-state index in [9.17, 15) is 4.79 Å². The first kappa shape index (κ1) is 21.2. The Kier molecular flexibility index (Phi) is 6.44. The molecule has 1 spiro atoms. The standard InChI is InChI=1S/C24H36N4O3/c29-23(20-4-16-30-17-5-20)28-10-7-24(8-11-28)19-21(6-18-31-24)26-12-14-27(15-13-26)22-3-1-2-9-25-22/h1-3,9,20-21H,4-8,10-19H2. The van der Waals surface area contributed by atoms with Crippen LogP contribution in [0.2, 0.25) is 0 Å². The molecule has 31 heavy (non-hydrogen) atoms. The average molecular weight is 429 g/mol. The molecule has 0 bridgehead atoms. The number of likely N-dealkylation sites (tertiary alicyclic amines) is 1. The van der Waals surface area contributed by atoms with Crippen LogP contribution in [-0.4, -0.2) is 91.4 Å². The smallest absolute Gasteiger partial charge is 0.225 e. The summed E-state index contributed by atoms with van der Waals surface area (Å²) in [6, 6.07) is 6.74. The SMILES string of the molecule is O=C(C1CCOCC1)N1CCC2(CC1)CC(N1CCN(c3ccccn3)CC1)CCO2. The number of carbonyl (C=O) groups is 1. The second-order valence-electron chi connectivity index (χ2n) is 9.60. The predicted octanol–water partition coefficient (Wildman–Crippen LogP) is 2.17. The molecule has 1 aromatic heterocycles. The molecule has 5 rings (SSSR count). The summed E-state index contributed by atoms with van der Waals surface area (Å²) < 4.78 is 11.8. The quantitative estimate of drug-likeness (QED) is 0.736. The monoisotopic (exact) mass is 428 g/mol. The minimum Gasteiger partial charge on any atom is -0.381 e. The highest BCUT2D eigenvalue weighted by molar-refractivity contribution is 5.79. The summed E-state index contributed by atoms with van der Waals surface area (Å²) in [5.74, 6) is 1.60. The lowest BCUT2D eigenvalue weighted by atomic mass is 9.81. The van der Waals surface area contributed by atoms with Crippen LogP contribution >= 0.6 is 0 Å². The molecule has 1 atom stereocenters. The van der Waals surface area contributed by atoms with Gasteiger partial charge in [0.15, 0.2) is 0 Å². The number of hydrogen-bond donors (Lipinski definition) is 0. The van der Waals surface area contributed by atoms with Crippen LogP contribution in [0.15, 0.2) is 24.4 Å². The fourth-order valence-electron chi connectivity index (χ4n) is 5.86.